The molecule has 13 heteroatoms. The molecule has 63 heavy (non-hydrogen) atoms. The molecule has 2 fully saturated rings. The van der Waals surface area contributed by atoms with Crippen molar-refractivity contribution in [2.75, 3.05) is 7.05 Å². The van der Waals surface area contributed by atoms with Crippen molar-refractivity contribution >= 4 is 23.8 Å². The van der Waals surface area contributed by atoms with Crippen LogP contribution in [0.5, 0.6) is 0 Å². The van der Waals surface area contributed by atoms with Crippen molar-refractivity contribution in [1.82, 2.24) is 16.0 Å². The molecule has 0 unspecified atom stereocenters. The Labute approximate surface area is 370 Å². The smallest absolute Gasteiger partial charge is 0.321 e. The maximum Gasteiger partial charge on any atom is 0.321 e. The number of aliphatic carboxylic acids is 3. The van der Waals surface area contributed by atoms with Gasteiger partial charge in [0, 0.05) is 43.3 Å². The van der Waals surface area contributed by atoms with Gasteiger partial charge >= 0.3 is 17.9 Å². The summed E-state index contributed by atoms with van der Waals surface area (Å²) in [4.78, 5) is 45.8. The predicted molar refractivity (Wildman–Crippen MR) is 239 cm³/mol. The fourth-order valence-corrected chi connectivity index (χ4v) is 8.60. The third kappa shape index (κ3) is 13.9. The largest absolute Gasteiger partial charge is 0.480 e. The zero-order valence-corrected chi connectivity index (χ0v) is 37.3. The average molecular weight is 880 g/mol. The van der Waals surface area contributed by atoms with Gasteiger partial charge in [-0.2, -0.15) is 0 Å². The number of amides is 1. The number of unbranched alkanes of at least 4 members (excludes halogenated alkanes) is 11. The molecule has 2 aliphatic rings. The van der Waals surface area contributed by atoms with Gasteiger partial charge in [0.15, 0.2) is 17.0 Å². The van der Waals surface area contributed by atoms with Gasteiger partial charge < -0.3 is 31.3 Å². The molecule has 346 valence electrons. The minimum Gasteiger partial charge on any atom is -0.480 e. The Morgan fingerprint density at radius 2 is 1.03 bits per heavy atom. The number of carboxylic acids is 3. The standard InChI is InChI=1S/C27H35FN2O3.C23H33F2NO4/c1-3-4-5-6-7-8-19-9-12-21(13-10-19)23-14-11-20(15-24(23)28)18-30-22-16-27(17-22,26(32)33)25(31)29-2;1-2-3-4-5-6-7-8-9-10-16-11-12-17(20(25)19(16)24)15-26-18-13-23(14-18,21(27)28)22(29)30/h9-15,22,30H,3-8,16-18H2,1-2H3,(H,29,31)(H,32,33);11-12,18,26H,2-10,13-15H2,1H3,(H,27,28)(H,29,30). The van der Waals surface area contributed by atoms with Crippen LogP contribution in [0, 0.1) is 28.3 Å². The molecule has 0 radical (unpaired) electrons. The lowest BCUT2D eigenvalue weighted by atomic mass is 9.64. The summed E-state index contributed by atoms with van der Waals surface area (Å²) in [6.07, 6.45) is 17.3. The van der Waals surface area contributed by atoms with E-state index in [0.29, 0.717) is 24.1 Å². The predicted octanol–water partition coefficient (Wildman–Crippen LogP) is 10.1. The fraction of sp³-hybridized carbons (Fsp3) is 0.560. The number of carbonyl (C=O) groups is 4. The van der Waals surface area contributed by atoms with Crippen LogP contribution in [0.25, 0.3) is 11.1 Å². The molecule has 0 aliphatic heterocycles. The second-order valence-corrected chi connectivity index (χ2v) is 17.5. The van der Waals surface area contributed by atoms with Crippen LogP contribution in [0.1, 0.15) is 145 Å². The van der Waals surface area contributed by atoms with Gasteiger partial charge in [-0.3, -0.25) is 19.2 Å². The first kappa shape index (κ1) is 50.9. The van der Waals surface area contributed by atoms with E-state index in [4.69, 9.17) is 10.2 Å². The van der Waals surface area contributed by atoms with E-state index < -0.39 is 46.3 Å². The average Bonchev–Trinajstić information content (AvgIpc) is 3.23. The number of rotatable bonds is 26. The summed E-state index contributed by atoms with van der Waals surface area (Å²) in [7, 11) is 1.44. The van der Waals surface area contributed by atoms with Crippen LogP contribution in [0.4, 0.5) is 13.2 Å². The molecule has 3 aromatic rings. The monoisotopic (exact) mass is 880 g/mol. The third-order valence-corrected chi connectivity index (χ3v) is 12.9. The minimum absolute atomic E-state index is 0.0285. The maximum absolute atomic E-state index is 14.8. The molecule has 10 nitrogen and oxygen atoms in total. The second-order valence-electron chi connectivity index (χ2n) is 17.5. The van der Waals surface area contributed by atoms with E-state index in [9.17, 15) is 37.5 Å². The van der Waals surface area contributed by atoms with Crippen molar-refractivity contribution in [3.05, 3.63) is 94.3 Å². The van der Waals surface area contributed by atoms with Gasteiger partial charge in [-0.15, -0.1) is 0 Å². The highest BCUT2D eigenvalue weighted by Gasteiger charge is 2.57. The van der Waals surface area contributed by atoms with Gasteiger partial charge in [0.05, 0.1) is 0 Å². The second kappa shape index (κ2) is 24.9. The number of halogens is 3. The van der Waals surface area contributed by atoms with Gasteiger partial charge in [0.25, 0.3) is 0 Å². The van der Waals surface area contributed by atoms with Gasteiger partial charge in [-0.1, -0.05) is 133 Å². The Balaban J connectivity index is 0.000000278. The number of nitrogens with one attached hydrogen (secondary N) is 3. The van der Waals surface area contributed by atoms with Crippen molar-refractivity contribution in [2.45, 2.75) is 161 Å². The lowest BCUT2D eigenvalue weighted by Gasteiger charge is -2.43. The molecule has 0 bridgehead atoms. The van der Waals surface area contributed by atoms with E-state index in [1.165, 1.54) is 82.9 Å². The van der Waals surface area contributed by atoms with E-state index in [2.05, 4.69) is 41.9 Å². The summed E-state index contributed by atoms with van der Waals surface area (Å²) in [5, 5.41) is 36.2. The molecule has 0 aromatic heterocycles. The summed E-state index contributed by atoms with van der Waals surface area (Å²) in [5.74, 6) is -6.28. The quantitative estimate of drug-likeness (QED) is 0.0340. The van der Waals surface area contributed by atoms with E-state index in [-0.39, 0.29) is 55.7 Å². The lowest BCUT2D eigenvalue weighted by molar-refractivity contribution is -0.173. The van der Waals surface area contributed by atoms with Crippen molar-refractivity contribution < 1.29 is 47.7 Å². The van der Waals surface area contributed by atoms with Gasteiger partial charge in [0.1, 0.15) is 11.2 Å². The third-order valence-electron chi connectivity index (χ3n) is 12.9. The Kier molecular flexibility index (Phi) is 20.1. The zero-order valence-electron chi connectivity index (χ0n) is 37.3. The highest BCUT2D eigenvalue weighted by molar-refractivity contribution is 6.03. The highest BCUT2D eigenvalue weighted by Crippen LogP contribution is 2.43. The minimum atomic E-state index is -1.78. The summed E-state index contributed by atoms with van der Waals surface area (Å²) in [6, 6.07) is 16.0. The number of benzene rings is 3. The number of hydrogen-bond acceptors (Lipinski definition) is 6. The van der Waals surface area contributed by atoms with Crippen LogP contribution in [-0.2, 0) is 45.1 Å². The highest BCUT2D eigenvalue weighted by atomic mass is 19.2. The molecule has 2 saturated carbocycles. The molecule has 6 N–H and O–H groups in total. The first-order valence-electron chi connectivity index (χ1n) is 22.9. The number of aryl methyl sites for hydroxylation is 2. The van der Waals surface area contributed by atoms with Crippen LogP contribution in [0.2, 0.25) is 0 Å². The van der Waals surface area contributed by atoms with Gasteiger partial charge in [-0.25, -0.2) is 13.2 Å². The maximum atomic E-state index is 14.8. The van der Waals surface area contributed by atoms with Crippen molar-refractivity contribution in [2.24, 2.45) is 10.8 Å². The molecule has 0 heterocycles. The topological polar surface area (TPSA) is 165 Å². The van der Waals surface area contributed by atoms with E-state index >= 15 is 0 Å². The van der Waals surface area contributed by atoms with Gasteiger partial charge in [-0.05, 0) is 79.7 Å². The Morgan fingerprint density at radius 1 is 0.571 bits per heavy atom. The Morgan fingerprint density at radius 3 is 1.56 bits per heavy atom. The van der Waals surface area contributed by atoms with E-state index in [1.807, 2.05) is 18.2 Å². The first-order chi connectivity index (χ1) is 30.2. The van der Waals surface area contributed by atoms with Crippen molar-refractivity contribution in [3.63, 3.8) is 0 Å². The number of carbonyl (C=O) groups excluding carboxylic acids is 1. The molecular weight excluding hydrogens is 812 g/mol. The summed E-state index contributed by atoms with van der Waals surface area (Å²) < 4.78 is 43.6. The molecule has 0 spiro atoms. The van der Waals surface area contributed by atoms with Crippen molar-refractivity contribution in [3.8, 4) is 11.1 Å². The molecule has 3 aromatic carbocycles. The summed E-state index contributed by atoms with van der Waals surface area (Å²) in [5.41, 5.74) is 0.902. The van der Waals surface area contributed by atoms with Gasteiger partial charge in [0.2, 0.25) is 5.91 Å². The van der Waals surface area contributed by atoms with E-state index in [0.717, 1.165) is 36.8 Å². The SMILES string of the molecule is CCCCCCCCCCc1ccc(CNC2CC(C(=O)O)(C(=O)O)C2)c(F)c1F.CCCCCCCc1ccc(-c2ccc(CNC3CC(C(=O)O)(C(=O)NC)C3)cc2F)cc1. The first-order valence-corrected chi connectivity index (χ1v) is 22.9. The fourth-order valence-electron chi connectivity index (χ4n) is 8.60. The lowest BCUT2D eigenvalue weighted by Crippen LogP contribution is -2.59. The molecule has 0 atom stereocenters. The van der Waals surface area contributed by atoms with Crippen LogP contribution >= 0.6 is 0 Å². The molecule has 5 rings (SSSR count). The number of carboxylic acid groups (broad SMARTS) is 3. The molecule has 2 aliphatic carbocycles. The van der Waals surface area contributed by atoms with E-state index in [1.54, 1.807) is 18.2 Å². The Bertz CT molecular complexity index is 1950. The van der Waals surface area contributed by atoms with Crippen LogP contribution < -0.4 is 16.0 Å². The van der Waals surface area contributed by atoms with Crippen LogP contribution in [0.3, 0.4) is 0 Å². The molecular formula is C50H68F3N3O7. The van der Waals surface area contributed by atoms with Crippen LogP contribution in [-0.4, -0.2) is 58.3 Å². The molecule has 0 saturated heterocycles. The summed E-state index contributed by atoms with van der Waals surface area (Å²) >= 11 is 0. The van der Waals surface area contributed by atoms with Crippen LogP contribution in [0.15, 0.2) is 54.6 Å². The normalized spacial score (nSPS) is 17.8. The Hall–Kier alpha value is -4.75. The summed E-state index contributed by atoms with van der Waals surface area (Å²) in [6.45, 7) is 4.85. The molecule has 1 amide bonds. The number of hydrogen-bond donors (Lipinski definition) is 6. The van der Waals surface area contributed by atoms with Crippen molar-refractivity contribution in [1.29, 1.82) is 0 Å². The zero-order chi connectivity index (χ0) is 46.0.